The highest BCUT2D eigenvalue weighted by molar-refractivity contribution is 5.92. The van der Waals surface area contributed by atoms with E-state index in [9.17, 15) is 9.59 Å². The molecule has 1 aliphatic rings. The molecule has 1 aromatic heterocycles. The highest BCUT2D eigenvalue weighted by atomic mass is 16.5. The zero-order valence-corrected chi connectivity index (χ0v) is 14.6. The molecule has 2 amide bonds. The number of carbonyl (C=O) groups is 2. The summed E-state index contributed by atoms with van der Waals surface area (Å²) in [6.07, 6.45) is 3.17. The van der Waals surface area contributed by atoms with Crippen LogP contribution in [0.2, 0.25) is 0 Å². The monoisotopic (exact) mass is 354 g/mol. The van der Waals surface area contributed by atoms with Gasteiger partial charge in [0.25, 0.3) is 0 Å². The fraction of sp³-hybridized carbons (Fsp3) is 0.316. The summed E-state index contributed by atoms with van der Waals surface area (Å²) in [5.74, 6) is 0.418. The molecule has 26 heavy (non-hydrogen) atoms. The van der Waals surface area contributed by atoms with E-state index in [1.807, 2.05) is 30.3 Å². The summed E-state index contributed by atoms with van der Waals surface area (Å²) < 4.78 is 5.27. The molecule has 0 atom stereocenters. The third-order valence-corrected chi connectivity index (χ3v) is 4.10. The summed E-state index contributed by atoms with van der Waals surface area (Å²) in [7, 11) is 0. The number of ether oxygens (including phenoxy) is 1. The topological polar surface area (TPSA) is 92.4 Å². The van der Waals surface area contributed by atoms with Crippen molar-refractivity contribution in [3.05, 3.63) is 42.6 Å². The Balaban J connectivity index is 1.55. The van der Waals surface area contributed by atoms with Crippen molar-refractivity contribution < 1.29 is 14.3 Å². The minimum Gasteiger partial charge on any atom is -0.381 e. The Morgan fingerprint density at radius 2 is 1.62 bits per heavy atom. The molecule has 0 bridgehead atoms. The van der Waals surface area contributed by atoms with Crippen molar-refractivity contribution in [3.8, 4) is 0 Å². The zero-order chi connectivity index (χ0) is 18.4. The second-order valence-corrected chi connectivity index (χ2v) is 6.19. The normalized spacial score (nSPS) is 14.5. The highest BCUT2D eigenvalue weighted by Crippen LogP contribution is 2.20. The molecule has 0 unspecified atom stereocenters. The van der Waals surface area contributed by atoms with Gasteiger partial charge in [-0.1, -0.05) is 0 Å². The Kier molecular flexibility index (Phi) is 5.80. The highest BCUT2D eigenvalue weighted by Gasteiger charge is 2.21. The maximum atomic E-state index is 12.2. The first-order valence-corrected chi connectivity index (χ1v) is 8.59. The van der Waals surface area contributed by atoms with Gasteiger partial charge in [0, 0.05) is 37.4 Å². The van der Waals surface area contributed by atoms with Gasteiger partial charge in [-0.05, 0) is 49.2 Å². The molecule has 2 heterocycles. The minimum absolute atomic E-state index is 0.00457. The smallest absolute Gasteiger partial charge is 0.228 e. The summed E-state index contributed by atoms with van der Waals surface area (Å²) >= 11 is 0. The van der Waals surface area contributed by atoms with Gasteiger partial charge >= 0.3 is 0 Å². The van der Waals surface area contributed by atoms with Crippen LogP contribution < -0.4 is 16.0 Å². The van der Waals surface area contributed by atoms with Gasteiger partial charge in [0.05, 0.1) is 11.9 Å². The Labute approximate surface area is 152 Å². The van der Waals surface area contributed by atoms with Crippen LogP contribution in [-0.2, 0) is 14.3 Å². The van der Waals surface area contributed by atoms with Crippen LogP contribution in [0.15, 0.2) is 42.6 Å². The number of anilines is 4. The van der Waals surface area contributed by atoms with Crippen LogP contribution in [0.3, 0.4) is 0 Å². The second-order valence-electron chi connectivity index (χ2n) is 6.19. The fourth-order valence-electron chi connectivity index (χ4n) is 2.74. The molecule has 0 saturated carbocycles. The predicted octanol–water partition coefficient (Wildman–Crippen LogP) is 3.15. The number of benzene rings is 1. The van der Waals surface area contributed by atoms with E-state index in [-0.39, 0.29) is 17.7 Å². The summed E-state index contributed by atoms with van der Waals surface area (Å²) in [5.41, 5.74) is 2.42. The van der Waals surface area contributed by atoms with Crippen LogP contribution in [0.25, 0.3) is 0 Å². The summed E-state index contributed by atoms with van der Waals surface area (Å²) in [6.45, 7) is 2.74. The first-order chi connectivity index (χ1) is 12.6. The van der Waals surface area contributed by atoms with E-state index in [1.165, 1.54) is 6.92 Å². The lowest BCUT2D eigenvalue weighted by atomic mass is 9.99. The van der Waals surface area contributed by atoms with E-state index in [0.29, 0.717) is 19.0 Å². The van der Waals surface area contributed by atoms with E-state index in [2.05, 4.69) is 20.9 Å². The molecule has 1 saturated heterocycles. The Hall–Kier alpha value is -2.93. The molecule has 7 nitrogen and oxygen atoms in total. The first kappa shape index (κ1) is 17.9. The number of amides is 2. The van der Waals surface area contributed by atoms with E-state index < -0.39 is 0 Å². The molecule has 0 radical (unpaired) electrons. The average Bonchev–Trinajstić information content (AvgIpc) is 2.65. The van der Waals surface area contributed by atoms with Crippen LogP contribution in [-0.4, -0.2) is 30.0 Å². The van der Waals surface area contributed by atoms with Gasteiger partial charge in [-0.25, -0.2) is 4.98 Å². The average molecular weight is 354 g/mol. The van der Waals surface area contributed by atoms with Crippen molar-refractivity contribution in [3.63, 3.8) is 0 Å². The number of nitrogens with one attached hydrogen (secondary N) is 3. The fourth-order valence-corrected chi connectivity index (χ4v) is 2.74. The summed E-state index contributed by atoms with van der Waals surface area (Å²) in [4.78, 5) is 27.5. The van der Waals surface area contributed by atoms with Crippen molar-refractivity contribution in [2.75, 3.05) is 29.2 Å². The Morgan fingerprint density at radius 3 is 2.23 bits per heavy atom. The van der Waals surface area contributed by atoms with Crippen molar-refractivity contribution in [2.24, 2.45) is 5.92 Å². The van der Waals surface area contributed by atoms with Crippen molar-refractivity contribution in [2.45, 2.75) is 19.8 Å². The van der Waals surface area contributed by atoms with Gasteiger partial charge in [0.2, 0.25) is 11.8 Å². The number of carbonyl (C=O) groups excluding carboxylic acids is 2. The van der Waals surface area contributed by atoms with E-state index >= 15 is 0 Å². The molecular weight excluding hydrogens is 332 g/mol. The number of rotatable bonds is 5. The molecule has 136 valence electrons. The van der Waals surface area contributed by atoms with E-state index in [1.54, 1.807) is 12.3 Å². The van der Waals surface area contributed by atoms with Crippen LogP contribution in [0, 0.1) is 5.92 Å². The van der Waals surface area contributed by atoms with Gasteiger partial charge in [0.15, 0.2) is 0 Å². The largest absolute Gasteiger partial charge is 0.381 e. The second kappa shape index (κ2) is 8.44. The first-order valence-electron chi connectivity index (χ1n) is 8.59. The van der Waals surface area contributed by atoms with Crippen LogP contribution >= 0.6 is 0 Å². The molecule has 7 heteroatoms. The standard InChI is InChI=1S/C19H22N4O3/c1-13(24)21-15-2-4-16(5-3-15)22-17-6-7-18(20-12-17)23-19(25)14-8-10-26-11-9-14/h2-7,12,14,22H,8-11H2,1H3,(H,21,24)(H,20,23,25). The molecule has 2 aromatic rings. The zero-order valence-electron chi connectivity index (χ0n) is 14.6. The molecule has 0 spiro atoms. The lowest BCUT2D eigenvalue weighted by Crippen LogP contribution is -2.28. The molecule has 3 N–H and O–H groups in total. The lowest BCUT2D eigenvalue weighted by Gasteiger charge is -2.20. The number of aromatic nitrogens is 1. The SMILES string of the molecule is CC(=O)Nc1ccc(Nc2ccc(NC(=O)C3CCOCC3)nc2)cc1. The summed E-state index contributed by atoms with van der Waals surface area (Å²) in [5, 5.41) is 8.80. The third kappa shape index (κ3) is 5.03. The van der Waals surface area contributed by atoms with Gasteiger partial charge in [-0.2, -0.15) is 0 Å². The third-order valence-electron chi connectivity index (χ3n) is 4.10. The molecule has 0 aliphatic carbocycles. The van der Waals surface area contributed by atoms with Crippen LogP contribution in [0.1, 0.15) is 19.8 Å². The van der Waals surface area contributed by atoms with Crippen molar-refractivity contribution >= 4 is 34.7 Å². The van der Waals surface area contributed by atoms with E-state index in [0.717, 1.165) is 29.9 Å². The van der Waals surface area contributed by atoms with Gasteiger partial charge in [0.1, 0.15) is 5.82 Å². The van der Waals surface area contributed by atoms with Gasteiger partial charge < -0.3 is 20.7 Å². The summed E-state index contributed by atoms with van der Waals surface area (Å²) in [6, 6.07) is 11.0. The molecule has 3 rings (SSSR count). The Bertz CT molecular complexity index is 753. The van der Waals surface area contributed by atoms with Crippen LogP contribution in [0.5, 0.6) is 0 Å². The maximum Gasteiger partial charge on any atom is 0.228 e. The maximum absolute atomic E-state index is 12.2. The minimum atomic E-state index is -0.103. The van der Waals surface area contributed by atoms with Crippen molar-refractivity contribution in [1.29, 1.82) is 0 Å². The number of pyridine rings is 1. The molecule has 1 fully saturated rings. The van der Waals surface area contributed by atoms with Gasteiger partial charge in [-0.15, -0.1) is 0 Å². The molecule has 1 aromatic carbocycles. The number of hydrogen-bond donors (Lipinski definition) is 3. The van der Waals surface area contributed by atoms with Gasteiger partial charge in [-0.3, -0.25) is 9.59 Å². The van der Waals surface area contributed by atoms with Crippen LogP contribution in [0.4, 0.5) is 22.9 Å². The quantitative estimate of drug-likeness (QED) is 0.767. The van der Waals surface area contributed by atoms with Crippen molar-refractivity contribution in [1.82, 2.24) is 4.98 Å². The number of nitrogens with zero attached hydrogens (tertiary/aromatic N) is 1. The molecule has 1 aliphatic heterocycles. The predicted molar refractivity (Wildman–Crippen MR) is 100 cm³/mol. The van der Waals surface area contributed by atoms with E-state index in [4.69, 9.17) is 4.74 Å². The lowest BCUT2D eigenvalue weighted by molar-refractivity contribution is -0.122. The number of hydrogen-bond acceptors (Lipinski definition) is 5. The molecular formula is C19H22N4O3. The Morgan fingerprint density at radius 1 is 0.962 bits per heavy atom.